The minimum atomic E-state index is -3.96. The van der Waals surface area contributed by atoms with Gasteiger partial charge in [0, 0.05) is 6.20 Å². The first kappa shape index (κ1) is 17.4. The van der Waals surface area contributed by atoms with E-state index < -0.39 is 15.9 Å². The number of nitrogens with zero attached hydrogens (tertiary/aromatic N) is 3. The molecule has 0 atom stereocenters. The molecule has 3 aromatic rings. The predicted molar refractivity (Wildman–Crippen MR) is 93.5 cm³/mol. The zero-order valence-electron chi connectivity index (χ0n) is 12.4. The summed E-state index contributed by atoms with van der Waals surface area (Å²) in [4.78, 5) is 15.9. The van der Waals surface area contributed by atoms with Crippen LogP contribution in [0.4, 0.5) is 5.69 Å². The van der Waals surface area contributed by atoms with Crippen molar-refractivity contribution in [3.8, 4) is 0 Å². The average molecular weight is 397 g/mol. The van der Waals surface area contributed by atoms with Gasteiger partial charge in [-0.2, -0.15) is 17.6 Å². The van der Waals surface area contributed by atoms with Crippen molar-refractivity contribution in [3.63, 3.8) is 0 Å². The molecule has 2 heterocycles. The molecule has 0 saturated carbocycles. The molecule has 0 aliphatic rings. The Morgan fingerprint density at radius 1 is 1.12 bits per heavy atom. The molecular weight excluding hydrogens is 387 g/mol. The van der Waals surface area contributed by atoms with Crippen LogP contribution in [0.5, 0.6) is 0 Å². The Morgan fingerprint density at radius 2 is 1.92 bits per heavy atom. The topological polar surface area (TPSA) is 94.0 Å². The van der Waals surface area contributed by atoms with E-state index in [9.17, 15) is 13.2 Å². The Kier molecular flexibility index (Phi) is 4.76. The van der Waals surface area contributed by atoms with Crippen molar-refractivity contribution < 1.29 is 13.2 Å². The van der Waals surface area contributed by atoms with Crippen LogP contribution in [0.15, 0.2) is 59.9 Å². The summed E-state index contributed by atoms with van der Waals surface area (Å²) in [5.74, 6) is -0.480. The molecule has 0 bridgehead atoms. The van der Waals surface area contributed by atoms with Gasteiger partial charge >= 0.3 is 0 Å². The summed E-state index contributed by atoms with van der Waals surface area (Å²) >= 11 is 11.7. The number of hydrogen-bond acceptors (Lipinski definition) is 5. The Bertz CT molecular complexity index is 1040. The van der Waals surface area contributed by atoms with Crippen LogP contribution in [0.3, 0.4) is 0 Å². The smallest absolute Gasteiger partial charge is 0.283 e. The first-order chi connectivity index (χ1) is 11.9. The lowest BCUT2D eigenvalue weighted by Gasteiger charge is -2.05. The molecule has 3 rings (SSSR count). The molecular formula is C15H10Cl2N4O3S. The summed E-state index contributed by atoms with van der Waals surface area (Å²) in [6.07, 6.45) is 3.88. The Balaban J connectivity index is 1.85. The van der Waals surface area contributed by atoms with E-state index in [1.807, 2.05) is 0 Å². The van der Waals surface area contributed by atoms with Gasteiger partial charge in [0.15, 0.2) is 0 Å². The van der Waals surface area contributed by atoms with E-state index in [1.54, 1.807) is 12.1 Å². The Morgan fingerprint density at radius 3 is 2.60 bits per heavy atom. The molecule has 0 fully saturated rings. The van der Waals surface area contributed by atoms with Gasteiger partial charge in [-0.05, 0) is 30.3 Å². The van der Waals surface area contributed by atoms with Crippen molar-refractivity contribution in [1.29, 1.82) is 0 Å². The largest absolute Gasteiger partial charge is 0.318 e. The van der Waals surface area contributed by atoms with Crippen molar-refractivity contribution in [1.82, 2.24) is 14.2 Å². The van der Waals surface area contributed by atoms with E-state index in [2.05, 4.69) is 15.4 Å². The highest BCUT2D eigenvalue weighted by Gasteiger charge is 2.20. The van der Waals surface area contributed by atoms with Gasteiger partial charge in [-0.25, -0.2) is 0 Å². The van der Waals surface area contributed by atoms with Crippen molar-refractivity contribution in [2.24, 2.45) is 0 Å². The first-order valence-electron chi connectivity index (χ1n) is 6.85. The number of carbonyl (C=O) groups excluding carboxylic acids is 1. The van der Waals surface area contributed by atoms with Gasteiger partial charge in [-0.3, -0.25) is 9.78 Å². The number of anilines is 1. The molecule has 1 aromatic carbocycles. The standard InChI is InChI=1S/C15H10Cl2N4O3S/c16-12-5-4-11(7-13(12)17)25(23,24)21-9-10(8-19-21)20-15(22)14-3-1-2-6-18-14/h1-9H,(H,20,22). The highest BCUT2D eigenvalue weighted by Crippen LogP contribution is 2.26. The molecule has 0 radical (unpaired) electrons. The molecule has 0 aliphatic carbocycles. The fourth-order valence-corrected chi connectivity index (χ4v) is 3.45. The molecule has 0 unspecified atom stereocenters. The molecule has 0 aliphatic heterocycles. The maximum absolute atomic E-state index is 12.5. The zero-order chi connectivity index (χ0) is 18.0. The fourth-order valence-electron chi connectivity index (χ4n) is 1.94. The van der Waals surface area contributed by atoms with Gasteiger partial charge in [0.1, 0.15) is 5.69 Å². The van der Waals surface area contributed by atoms with Crippen LogP contribution in [0.2, 0.25) is 10.0 Å². The third kappa shape index (κ3) is 3.65. The van der Waals surface area contributed by atoms with Crippen molar-refractivity contribution >= 4 is 44.8 Å². The first-order valence-corrected chi connectivity index (χ1v) is 9.05. The number of nitrogens with one attached hydrogen (secondary N) is 1. The highest BCUT2D eigenvalue weighted by atomic mass is 35.5. The van der Waals surface area contributed by atoms with Crippen LogP contribution in [-0.4, -0.2) is 28.5 Å². The fraction of sp³-hybridized carbons (Fsp3) is 0. The van der Waals surface area contributed by atoms with E-state index in [0.717, 1.165) is 4.09 Å². The van der Waals surface area contributed by atoms with Crippen molar-refractivity contribution in [3.05, 3.63) is 70.7 Å². The van der Waals surface area contributed by atoms with E-state index in [1.165, 1.54) is 42.9 Å². The number of pyridine rings is 1. The number of hydrogen-bond donors (Lipinski definition) is 1. The van der Waals surface area contributed by atoms with Crippen LogP contribution in [-0.2, 0) is 10.0 Å². The number of carbonyl (C=O) groups is 1. The Labute approximate surface area is 153 Å². The van der Waals surface area contributed by atoms with Crippen LogP contribution in [0.25, 0.3) is 0 Å². The normalized spacial score (nSPS) is 11.3. The molecule has 10 heteroatoms. The molecule has 1 amide bonds. The third-order valence-electron chi connectivity index (χ3n) is 3.15. The molecule has 25 heavy (non-hydrogen) atoms. The van der Waals surface area contributed by atoms with E-state index in [-0.39, 0.29) is 26.3 Å². The van der Waals surface area contributed by atoms with E-state index in [0.29, 0.717) is 0 Å². The van der Waals surface area contributed by atoms with Crippen LogP contribution in [0.1, 0.15) is 10.5 Å². The van der Waals surface area contributed by atoms with Crippen LogP contribution in [0, 0.1) is 0 Å². The monoisotopic (exact) mass is 396 g/mol. The summed E-state index contributed by atoms with van der Waals surface area (Å²) in [6, 6.07) is 8.80. The second-order valence-corrected chi connectivity index (χ2v) is 7.46. The summed E-state index contributed by atoms with van der Waals surface area (Å²) in [6.45, 7) is 0. The number of benzene rings is 1. The second kappa shape index (κ2) is 6.83. The SMILES string of the molecule is O=C(Nc1cnn(S(=O)(=O)c2ccc(Cl)c(Cl)c2)c1)c1ccccn1. The molecule has 0 saturated heterocycles. The second-order valence-electron chi connectivity index (χ2n) is 4.85. The number of rotatable bonds is 4. The van der Waals surface area contributed by atoms with Gasteiger partial charge in [0.2, 0.25) is 0 Å². The number of aromatic nitrogens is 3. The lowest BCUT2D eigenvalue weighted by atomic mass is 10.3. The quantitative estimate of drug-likeness (QED) is 0.730. The molecule has 7 nitrogen and oxygen atoms in total. The number of amides is 1. The lowest BCUT2D eigenvalue weighted by Crippen LogP contribution is -2.14. The zero-order valence-corrected chi connectivity index (χ0v) is 14.8. The van der Waals surface area contributed by atoms with Gasteiger partial charge in [0.25, 0.3) is 15.9 Å². The summed E-state index contributed by atoms with van der Waals surface area (Å²) < 4.78 is 25.8. The van der Waals surface area contributed by atoms with Crippen LogP contribution >= 0.6 is 23.2 Å². The summed E-state index contributed by atoms with van der Waals surface area (Å²) in [5.41, 5.74) is 0.405. The van der Waals surface area contributed by atoms with Crippen LogP contribution < -0.4 is 5.32 Å². The van der Waals surface area contributed by atoms with Gasteiger partial charge < -0.3 is 5.32 Å². The van der Waals surface area contributed by atoms with E-state index >= 15 is 0 Å². The van der Waals surface area contributed by atoms with Crippen molar-refractivity contribution in [2.45, 2.75) is 4.90 Å². The maximum atomic E-state index is 12.5. The lowest BCUT2D eigenvalue weighted by molar-refractivity contribution is 0.102. The van der Waals surface area contributed by atoms with Crippen molar-refractivity contribution in [2.75, 3.05) is 5.32 Å². The summed E-state index contributed by atoms with van der Waals surface area (Å²) in [7, 11) is -3.96. The van der Waals surface area contributed by atoms with E-state index in [4.69, 9.17) is 23.2 Å². The number of halogens is 2. The average Bonchev–Trinajstić information content (AvgIpc) is 3.07. The van der Waals surface area contributed by atoms with Gasteiger partial charge in [-0.1, -0.05) is 29.3 Å². The molecule has 128 valence electrons. The molecule has 1 N–H and O–H groups in total. The molecule has 2 aromatic heterocycles. The van der Waals surface area contributed by atoms with Gasteiger partial charge in [-0.15, -0.1) is 0 Å². The van der Waals surface area contributed by atoms with Gasteiger partial charge in [0.05, 0.1) is 33.0 Å². The minimum Gasteiger partial charge on any atom is -0.318 e. The Hall–Kier alpha value is -2.42. The highest BCUT2D eigenvalue weighted by molar-refractivity contribution is 7.89. The maximum Gasteiger partial charge on any atom is 0.283 e. The molecule has 0 spiro atoms. The predicted octanol–water partition coefficient (Wildman–Crippen LogP) is 3.07. The third-order valence-corrected chi connectivity index (χ3v) is 5.43. The minimum absolute atomic E-state index is 0.0763. The summed E-state index contributed by atoms with van der Waals surface area (Å²) in [5, 5.41) is 6.66.